The second-order valence-corrected chi connectivity index (χ2v) is 4.51. The maximum absolute atomic E-state index is 12.5. The summed E-state index contributed by atoms with van der Waals surface area (Å²) in [7, 11) is 0. The van der Waals surface area contributed by atoms with Gasteiger partial charge >= 0.3 is 12.1 Å². The van der Waals surface area contributed by atoms with Crippen molar-refractivity contribution in [3.8, 4) is 5.75 Å². The molecule has 0 spiro atoms. The van der Waals surface area contributed by atoms with Gasteiger partial charge in [-0.2, -0.15) is 13.2 Å². The number of aryl methyl sites for hydroxylation is 1. The van der Waals surface area contributed by atoms with Crippen molar-refractivity contribution < 1.29 is 27.8 Å². The zero-order valence-corrected chi connectivity index (χ0v) is 10.9. The fourth-order valence-corrected chi connectivity index (χ4v) is 1.48. The summed E-state index contributed by atoms with van der Waals surface area (Å²) in [6.45, 7) is 1.69. The first-order valence-electron chi connectivity index (χ1n) is 4.91. The first-order valence-corrected chi connectivity index (χ1v) is 5.70. The molecule has 100 valence electrons. The minimum absolute atomic E-state index is 0.0146. The van der Waals surface area contributed by atoms with Crippen LogP contribution in [-0.2, 0) is 4.79 Å². The van der Waals surface area contributed by atoms with E-state index in [0.29, 0.717) is 5.56 Å². The first kappa shape index (κ1) is 14.8. The number of rotatable bonds is 4. The van der Waals surface area contributed by atoms with Crippen LogP contribution in [0.15, 0.2) is 22.7 Å². The largest absolute Gasteiger partial charge is 0.481 e. The molecule has 1 rings (SSSR count). The van der Waals surface area contributed by atoms with Crippen molar-refractivity contribution in [2.24, 2.45) is 0 Å². The molecule has 0 bridgehead atoms. The lowest BCUT2D eigenvalue weighted by molar-refractivity contribution is -0.200. The molecule has 0 saturated carbocycles. The van der Waals surface area contributed by atoms with Crippen molar-refractivity contribution in [2.75, 3.05) is 0 Å². The third-order valence-corrected chi connectivity index (χ3v) is 3.02. The molecule has 1 N–H and O–H groups in total. The molecule has 0 amide bonds. The summed E-state index contributed by atoms with van der Waals surface area (Å²) in [5.74, 6) is -1.58. The molecular weight excluding hydrogens is 317 g/mol. The number of hydrogen-bond acceptors (Lipinski definition) is 2. The van der Waals surface area contributed by atoms with Gasteiger partial charge in [-0.15, -0.1) is 0 Å². The zero-order valence-electron chi connectivity index (χ0n) is 9.29. The van der Waals surface area contributed by atoms with Crippen molar-refractivity contribution in [1.29, 1.82) is 0 Å². The van der Waals surface area contributed by atoms with Crippen LogP contribution in [-0.4, -0.2) is 23.4 Å². The van der Waals surface area contributed by atoms with E-state index in [9.17, 15) is 18.0 Å². The lowest BCUT2D eigenvalue weighted by Gasteiger charge is -2.20. The smallest absolute Gasteiger partial charge is 0.425 e. The summed E-state index contributed by atoms with van der Waals surface area (Å²) in [5.41, 5.74) is 0.698. The average Bonchev–Trinajstić information content (AvgIpc) is 2.20. The van der Waals surface area contributed by atoms with E-state index in [-0.39, 0.29) is 5.75 Å². The monoisotopic (exact) mass is 326 g/mol. The Morgan fingerprint density at radius 2 is 2.11 bits per heavy atom. The molecule has 0 saturated heterocycles. The van der Waals surface area contributed by atoms with Gasteiger partial charge in [-0.1, -0.05) is 15.9 Å². The van der Waals surface area contributed by atoms with E-state index in [1.807, 2.05) is 0 Å². The Kier molecular flexibility index (Phi) is 4.61. The van der Waals surface area contributed by atoms with Crippen LogP contribution in [0.2, 0.25) is 0 Å². The Hall–Kier alpha value is -1.24. The summed E-state index contributed by atoms with van der Waals surface area (Å²) in [6, 6.07) is 4.29. The summed E-state index contributed by atoms with van der Waals surface area (Å²) >= 11 is 3.20. The summed E-state index contributed by atoms with van der Waals surface area (Å²) in [6.07, 6.45) is -8.20. The van der Waals surface area contributed by atoms with Crippen LogP contribution in [0.1, 0.15) is 12.0 Å². The second kappa shape index (κ2) is 5.60. The third-order valence-electron chi connectivity index (χ3n) is 2.13. The highest BCUT2D eigenvalue weighted by Gasteiger charge is 2.43. The van der Waals surface area contributed by atoms with E-state index >= 15 is 0 Å². The molecule has 0 aromatic heterocycles. The van der Waals surface area contributed by atoms with Gasteiger partial charge in [0.05, 0.1) is 6.42 Å². The Morgan fingerprint density at radius 3 is 2.56 bits per heavy atom. The number of ether oxygens (including phenoxy) is 1. The van der Waals surface area contributed by atoms with E-state index in [0.717, 1.165) is 4.47 Å². The van der Waals surface area contributed by atoms with Gasteiger partial charge in [-0.3, -0.25) is 4.79 Å². The number of halogens is 4. The van der Waals surface area contributed by atoms with Gasteiger partial charge < -0.3 is 9.84 Å². The van der Waals surface area contributed by atoms with Crippen molar-refractivity contribution >= 4 is 21.9 Å². The minimum Gasteiger partial charge on any atom is -0.481 e. The van der Waals surface area contributed by atoms with Gasteiger partial charge in [0.1, 0.15) is 5.75 Å². The molecule has 0 fully saturated rings. The predicted molar refractivity (Wildman–Crippen MR) is 61.6 cm³/mol. The van der Waals surface area contributed by atoms with E-state index in [1.54, 1.807) is 13.0 Å². The number of carboxylic acids is 1. The van der Waals surface area contributed by atoms with Gasteiger partial charge in [-0.25, -0.2) is 0 Å². The molecule has 3 nitrogen and oxygen atoms in total. The average molecular weight is 327 g/mol. The molecule has 1 aromatic rings. The van der Waals surface area contributed by atoms with E-state index in [1.165, 1.54) is 12.1 Å². The van der Waals surface area contributed by atoms with E-state index in [4.69, 9.17) is 9.84 Å². The highest BCUT2D eigenvalue weighted by atomic mass is 79.9. The molecule has 0 aliphatic rings. The standard InChI is InChI=1S/C11H10BrF3O3/c1-6-4-7(2-3-8(6)12)18-9(5-10(16)17)11(13,14)15/h2-4,9H,5H2,1H3,(H,16,17). The topological polar surface area (TPSA) is 46.5 Å². The zero-order chi connectivity index (χ0) is 13.9. The van der Waals surface area contributed by atoms with Crippen molar-refractivity contribution in [1.82, 2.24) is 0 Å². The Labute approximate surface area is 110 Å². The van der Waals surface area contributed by atoms with Crippen LogP contribution in [0.25, 0.3) is 0 Å². The number of carboxylic acid groups (broad SMARTS) is 1. The first-order chi connectivity index (χ1) is 8.20. The van der Waals surface area contributed by atoms with Gasteiger partial charge in [0.2, 0.25) is 6.10 Å². The number of hydrogen-bond donors (Lipinski definition) is 1. The van der Waals surface area contributed by atoms with Crippen LogP contribution < -0.4 is 4.74 Å². The lowest BCUT2D eigenvalue weighted by atomic mass is 10.2. The van der Waals surface area contributed by atoms with Gasteiger partial charge in [0.15, 0.2) is 0 Å². The fourth-order valence-electron chi connectivity index (χ4n) is 1.24. The molecule has 0 radical (unpaired) electrons. The SMILES string of the molecule is Cc1cc(OC(CC(=O)O)C(F)(F)F)ccc1Br. The number of alkyl halides is 3. The molecule has 7 heteroatoms. The van der Waals surface area contributed by atoms with Crippen LogP contribution in [0.5, 0.6) is 5.75 Å². The molecule has 18 heavy (non-hydrogen) atoms. The highest BCUT2D eigenvalue weighted by molar-refractivity contribution is 9.10. The predicted octanol–water partition coefficient (Wildman–Crippen LogP) is 3.54. The summed E-state index contributed by atoms with van der Waals surface area (Å²) in [4.78, 5) is 10.4. The van der Waals surface area contributed by atoms with E-state index < -0.39 is 24.7 Å². The molecule has 0 aliphatic carbocycles. The van der Waals surface area contributed by atoms with Gasteiger partial charge in [0, 0.05) is 4.47 Å². The Morgan fingerprint density at radius 1 is 1.50 bits per heavy atom. The van der Waals surface area contributed by atoms with Crippen molar-refractivity contribution in [2.45, 2.75) is 25.6 Å². The molecular formula is C11H10BrF3O3. The third kappa shape index (κ3) is 4.21. The van der Waals surface area contributed by atoms with Crippen molar-refractivity contribution in [3.05, 3.63) is 28.2 Å². The van der Waals surface area contributed by atoms with Gasteiger partial charge in [-0.05, 0) is 30.7 Å². The van der Waals surface area contributed by atoms with Crippen molar-refractivity contribution in [3.63, 3.8) is 0 Å². The fraction of sp³-hybridized carbons (Fsp3) is 0.364. The van der Waals surface area contributed by atoms with Crippen LogP contribution in [0.3, 0.4) is 0 Å². The van der Waals surface area contributed by atoms with Crippen LogP contribution >= 0.6 is 15.9 Å². The summed E-state index contributed by atoms with van der Waals surface area (Å²) < 4.78 is 43.1. The molecule has 1 atom stereocenters. The highest BCUT2D eigenvalue weighted by Crippen LogP contribution is 2.29. The number of carbonyl (C=O) groups is 1. The van der Waals surface area contributed by atoms with Crippen LogP contribution in [0, 0.1) is 6.92 Å². The quantitative estimate of drug-likeness (QED) is 0.920. The molecule has 1 aromatic carbocycles. The van der Waals surface area contributed by atoms with E-state index in [2.05, 4.69) is 15.9 Å². The molecule has 1 unspecified atom stereocenters. The minimum atomic E-state index is -4.72. The maximum atomic E-state index is 12.5. The number of benzene rings is 1. The second-order valence-electron chi connectivity index (χ2n) is 3.66. The number of aliphatic carboxylic acids is 1. The van der Waals surface area contributed by atoms with Crippen LogP contribution in [0.4, 0.5) is 13.2 Å². The molecule has 0 aliphatic heterocycles. The normalized spacial score (nSPS) is 13.2. The summed E-state index contributed by atoms with van der Waals surface area (Å²) in [5, 5.41) is 8.44. The Bertz CT molecular complexity index is 446. The maximum Gasteiger partial charge on any atom is 0.425 e. The lowest BCUT2D eigenvalue weighted by Crippen LogP contribution is -2.36. The Balaban J connectivity index is 2.89. The van der Waals surface area contributed by atoms with Gasteiger partial charge in [0.25, 0.3) is 0 Å². The molecule has 0 heterocycles.